The second-order valence-corrected chi connectivity index (χ2v) is 5.79. The van der Waals surface area contributed by atoms with Gasteiger partial charge in [0.05, 0.1) is 11.9 Å². The Kier molecular flexibility index (Phi) is 3.23. The van der Waals surface area contributed by atoms with Gasteiger partial charge in [0.2, 0.25) is 6.79 Å². The fourth-order valence-electron chi connectivity index (χ4n) is 2.38. The van der Waals surface area contributed by atoms with Crippen molar-refractivity contribution in [2.24, 2.45) is 5.10 Å². The Labute approximate surface area is 135 Å². The number of aryl methyl sites for hydroxylation is 1. The van der Waals surface area contributed by atoms with Gasteiger partial charge < -0.3 is 9.47 Å². The van der Waals surface area contributed by atoms with Gasteiger partial charge in [-0.25, -0.2) is 10.4 Å². The molecule has 0 aliphatic carbocycles. The second kappa shape index (κ2) is 5.40. The number of aromatic nitrogens is 2. The predicted molar refractivity (Wildman–Crippen MR) is 85.4 cm³/mol. The lowest BCUT2D eigenvalue weighted by atomic mass is 10.2. The summed E-state index contributed by atoms with van der Waals surface area (Å²) in [5.41, 5.74) is 4.50. The van der Waals surface area contributed by atoms with Crippen molar-refractivity contribution >= 4 is 28.4 Å². The van der Waals surface area contributed by atoms with Crippen LogP contribution in [0.4, 0.5) is 0 Å². The topological polar surface area (TPSA) is 77.2 Å². The average molecular weight is 328 g/mol. The smallest absolute Gasteiger partial charge is 0.290 e. The minimum absolute atomic E-state index is 0.226. The molecule has 23 heavy (non-hydrogen) atoms. The summed E-state index contributed by atoms with van der Waals surface area (Å²) in [6.45, 7) is 2.03. The number of carbonyl (C=O) groups excluding carboxylic acids is 1. The molecule has 8 heteroatoms. The number of rotatable bonds is 3. The van der Waals surface area contributed by atoms with Crippen LogP contribution in [0.3, 0.4) is 0 Å². The molecule has 0 spiro atoms. The third-order valence-electron chi connectivity index (χ3n) is 3.43. The number of fused-ring (bicyclic) bond motifs is 2. The third-order valence-corrected chi connectivity index (χ3v) is 4.18. The Morgan fingerprint density at radius 3 is 3.22 bits per heavy atom. The van der Waals surface area contributed by atoms with Crippen molar-refractivity contribution in [3.8, 4) is 11.5 Å². The fourth-order valence-corrected chi connectivity index (χ4v) is 3.14. The molecular weight excluding hydrogens is 316 g/mol. The molecule has 116 valence electrons. The molecule has 1 aliphatic rings. The standard InChI is InChI=1S/C15H12N4O3S/c1-9-13(19-4-5-23-15(19)17-9)14(20)18-16-7-10-2-3-11-12(6-10)22-8-21-11/h2-7H,8H2,1H3,(H,18,20)/b16-7+. The van der Waals surface area contributed by atoms with Gasteiger partial charge in [0, 0.05) is 11.6 Å². The molecule has 2 aromatic heterocycles. The zero-order valence-corrected chi connectivity index (χ0v) is 13.0. The van der Waals surface area contributed by atoms with Crippen LogP contribution in [0.25, 0.3) is 4.96 Å². The van der Waals surface area contributed by atoms with Crippen LogP contribution >= 0.6 is 11.3 Å². The largest absolute Gasteiger partial charge is 0.454 e. The summed E-state index contributed by atoms with van der Waals surface area (Å²) in [6, 6.07) is 5.45. The van der Waals surface area contributed by atoms with E-state index in [0.29, 0.717) is 22.9 Å². The summed E-state index contributed by atoms with van der Waals surface area (Å²) >= 11 is 1.48. The van der Waals surface area contributed by atoms with Crippen LogP contribution in [0.15, 0.2) is 34.9 Å². The average Bonchev–Trinajstić information content (AvgIpc) is 3.21. The number of thiazole rings is 1. The van der Waals surface area contributed by atoms with E-state index < -0.39 is 0 Å². The number of amides is 1. The van der Waals surface area contributed by atoms with Crippen molar-refractivity contribution in [3.05, 3.63) is 46.7 Å². The molecule has 0 atom stereocenters. The molecule has 0 fully saturated rings. The lowest BCUT2D eigenvalue weighted by Crippen LogP contribution is -2.20. The Hall–Kier alpha value is -2.87. The molecule has 0 unspecified atom stereocenters. The number of carbonyl (C=O) groups is 1. The normalized spacial score (nSPS) is 13.1. The van der Waals surface area contributed by atoms with Gasteiger partial charge in [-0.3, -0.25) is 9.20 Å². The van der Waals surface area contributed by atoms with E-state index in [1.165, 1.54) is 11.3 Å². The van der Waals surface area contributed by atoms with Crippen LogP contribution in [0.2, 0.25) is 0 Å². The summed E-state index contributed by atoms with van der Waals surface area (Å²) in [5.74, 6) is 1.08. The van der Waals surface area contributed by atoms with Crippen molar-refractivity contribution < 1.29 is 14.3 Å². The number of hydrogen-bond donors (Lipinski definition) is 1. The summed E-state index contributed by atoms with van der Waals surface area (Å²) in [6.07, 6.45) is 3.37. The zero-order valence-electron chi connectivity index (χ0n) is 12.1. The minimum atomic E-state index is -0.301. The maximum Gasteiger partial charge on any atom is 0.290 e. The minimum Gasteiger partial charge on any atom is -0.454 e. The van der Waals surface area contributed by atoms with E-state index in [1.54, 1.807) is 23.6 Å². The Balaban J connectivity index is 1.51. The van der Waals surface area contributed by atoms with Gasteiger partial charge in [0.1, 0.15) is 5.69 Å². The van der Waals surface area contributed by atoms with E-state index in [-0.39, 0.29) is 12.7 Å². The number of nitrogens with zero attached hydrogens (tertiary/aromatic N) is 3. The molecule has 0 saturated carbocycles. The van der Waals surface area contributed by atoms with E-state index in [2.05, 4.69) is 15.5 Å². The molecule has 7 nitrogen and oxygen atoms in total. The number of imidazole rings is 1. The van der Waals surface area contributed by atoms with Crippen LogP contribution in [0, 0.1) is 6.92 Å². The maximum absolute atomic E-state index is 12.3. The Bertz CT molecular complexity index is 928. The van der Waals surface area contributed by atoms with Crippen LogP contribution < -0.4 is 14.9 Å². The van der Waals surface area contributed by atoms with Crippen LogP contribution in [-0.2, 0) is 0 Å². The number of hydrogen-bond acceptors (Lipinski definition) is 6. The zero-order chi connectivity index (χ0) is 15.8. The molecule has 1 N–H and O–H groups in total. The highest BCUT2D eigenvalue weighted by Crippen LogP contribution is 2.31. The van der Waals surface area contributed by atoms with Crippen molar-refractivity contribution in [2.45, 2.75) is 6.92 Å². The van der Waals surface area contributed by atoms with Gasteiger partial charge in [0.25, 0.3) is 5.91 Å². The lowest BCUT2D eigenvalue weighted by molar-refractivity contribution is 0.0948. The van der Waals surface area contributed by atoms with Crippen LogP contribution in [0.1, 0.15) is 21.7 Å². The molecular formula is C15H12N4O3S. The first-order chi connectivity index (χ1) is 11.2. The highest BCUT2D eigenvalue weighted by Gasteiger charge is 2.16. The molecule has 4 rings (SSSR count). The Morgan fingerprint density at radius 1 is 1.43 bits per heavy atom. The van der Waals surface area contributed by atoms with E-state index in [1.807, 2.05) is 23.7 Å². The number of hydrazone groups is 1. The first-order valence-electron chi connectivity index (χ1n) is 6.87. The van der Waals surface area contributed by atoms with Crippen LogP contribution in [0.5, 0.6) is 11.5 Å². The SMILES string of the molecule is Cc1nc2sccn2c1C(=O)N/N=C/c1ccc2c(c1)OCO2. The van der Waals surface area contributed by atoms with E-state index in [4.69, 9.17) is 9.47 Å². The van der Waals surface area contributed by atoms with Crippen molar-refractivity contribution in [3.63, 3.8) is 0 Å². The highest BCUT2D eigenvalue weighted by molar-refractivity contribution is 7.15. The quantitative estimate of drug-likeness (QED) is 0.590. The molecule has 3 heterocycles. The number of benzene rings is 1. The summed E-state index contributed by atoms with van der Waals surface area (Å²) in [5, 5.41) is 5.88. The van der Waals surface area contributed by atoms with Crippen molar-refractivity contribution in [1.29, 1.82) is 0 Å². The second-order valence-electron chi connectivity index (χ2n) is 4.91. The monoisotopic (exact) mass is 328 g/mol. The predicted octanol–water partition coefficient (Wildman–Crippen LogP) is 2.20. The highest BCUT2D eigenvalue weighted by atomic mass is 32.1. The third kappa shape index (κ3) is 2.42. The number of nitrogens with one attached hydrogen (secondary N) is 1. The first-order valence-corrected chi connectivity index (χ1v) is 7.75. The molecule has 0 radical (unpaired) electrons. The summed E-state index contributed by atoms with van der Waals surface area (Å²) < 4.78 is 12.3. The Morgan fingerprint density at radius 2 is 2.30 bits per heavy atom. The molecule has 1 aromatic carbocycles. The molecule has 1 aliphatic heterocycles. The van der Waals surface area contributed by atoms with E-state index >= 15 is 0 Å². The first kappa shape index (κ1) is 13.8. The van der Waals surface area contributed by atoms with Gasteiger partial charge >= 0.3 is 0 Å². The lowest BCUT2D eigenvalue weighted by Gasteiger charge is -2.00. The molecule has 0 bridgehead atoms. The molecule has 1 amide bonds. The van der Waals surface area contributed by atoms with Crippen molar-refractivity contribution in [1.82, 2.24) is 14.8 Å². The molecule has 3 aromatic rings. The van der Waals surface area contributed by atoms with Gasteiger partial charge in [-0.05, 0) is 30.7 Å². The molecule has 0 saturated heterocycles. The van der Waals surface area contributed by atoms with Gasteiger partial charge in [-0.1, -0.05) is 0 Å². The van der Waals surface area contributed by atoms with Crippen molar-refractivity contribution in [2.75, 3.05) is 6.79 Å². The fraction of sp³-hybridized carbons (Fsp3) is 0.133. The van der Waals surface area contributed by atoms with Gasteiger partial charge in [-0.15, -0.1) is 11.3 Å². The van der Waals surface area contributed by atoms with E-state index in [9.17, 15) is 4.79 Å². The number of ether oxygens (including phenoxy) is 2. The summed E-state index contributed by atoms with van der Waals surface area (Å²) in [7, 11) is 0. The van der Waals surface area contributed by atoms with Gasteiger partial charge in [0.15, 0.2) is 16.5 Å². The summed E-state index contributed by atoms with van der Waals surface area (Å²) in [4.78, 5) is 17.4. The van der Waals surface area contributed by atoms with Gasteiger partial charge in [-0.2, -0.15) is 5.10 Å². The maximum atomic E-state index is 12.3. The van der Waals surface area contributed by atoms with Crippen LogP contribution in [-0.4, -0.2) is 28.3 Å². The van der Waals surface area contributed by atoms with E-state index in [0.717, 1.165) is 10.5 Å².